The number of nitro groups is 1. The zero-order chi connectivity index (χ0) is 20.7. The van der Waals surface area contributed by atoms with Crippen molar-refractivity contribution in [2.75, 3.05) is 44.7 Å². The molecule has 1 aromatic carbocycles. The molecule has 1 heterocycles. The molecule has 0 spiro atoms. The molecule has 2 rings (SSSR count). The quantitative estimate of drug-likeness (QED) is 0.405. The molecule has 1 fully saturated rings. The molecule has 0 aliphatic carbocycles. The molecule has 1 aliphatic heterocycles. The Balaban J connectivity index is 1.85. The number of nitrogens with zero attached hydrogens (tertiary/aromatic N) is 3. The fourth-order valence-electron chi connectivity index (χ4n) is 3.17. The maximum Gasteiger partial charge on any atom is 0.328 e. The van der Waals surface area contributed by atoms with E-state index in [9.17, 15) is 19.7 Å². The van der Waals surface area contributed by atoms with Crippen LogP contribution in [0.15, 0.2) is 24.3 Å². The van der Waals surface area contributed by atoms with Gasteiger partial charge >= 0.3 is 5.97 Å². The number of benzene rings is 1. The first-order valence-electron chi connectivity index (χ1n) is 9.44. The summed E-state index contributed by atoms with van der Waals surface area (Å²) in [4.78, 5) is 38.8. The van der Waals surface area contributed by atoms with Crippen LogP contribution in [0.25, 0.3) is 0 Å². The van der Waals surface area contributed by atoms with Gasteiger partial charge in [-0.1, -0.05) is 20.3 Å². The number of amides is 1. The fourth-order valence-corrected chi connectivity index (χ4v) is 3.17. The lowest BCUT2D eigenvalue weighted by molar-refractivity contribution is -0.384. The molecule has 28 heavy (non-hydrogen) atoms. The number of ether oxygens (including phenoxy) is 1. The van der Waals surface area contributed by atoms with E-state index in [1.54, 1.807) is 12.1 Å². The fraction of sp³-hybridized carbons (Fsp3) is 0.579. The first kappa shape index (κ1) is 21.6. The van der Waals surface area contributed by atoms with E-state index in [1.807, 2.05) is 18.7 Å². The molecule has 1 amide bonds. The maximum atomic E-state index is 12.4. The van der Waals surface area contributed by atoms with Gasteiger partial charge in [0.2, 0.25) is 5.91 Å². The van der Waals surface area contributed by atoms with Crippen LogP contribution in [0, 0.1) is 16.0 Å². The summed E-state index contributed by atoms with van der Waals surface area (Å²) in [5.74, 6) is -0.624. The number of non-ortho nitro benzene ring substituents is 1. The lowest BCUT2D eigenvalue weighted by Gasteiger charge is -2.36. The number of carbonyl (C=O) groups is 2. The Hall–Kier alpha value is -2.68. The number of esters is 1. The number of carbonyl (C=O) groups excluding carboxylic acids is 2. The number of nitro benzene ring substituents is 1. The summed E-state index contributed by atoms with van der Waals surface area (Å²) in [5.41, 5.74) is 0.998. The van der Waals surface area contributed by atoms with Crippen molar-refractivity contribution >= 4 is 23.3 Å². The predicted molar refractivity (Wildman–Crippen MR) is 105 cm³/mol. The molecule has 1 saturated heterocycles. The Kier molecular flexibility index (Phi) is 7.74. The minimum Gasteiger partial charge on any atom is -0.467 e. The smallest absolute Gasteiger partial charge is 0.328 e. The molecule has 0 aromatic heterocycles. The lowest BCUT2D eigenvalue weighted by Crippen LogP contribution is -2.52. The monoisotopic (exact) mass is 392 g/mol. The number of methoxy groups -OCH3 is 1. The molecule has 9 nitrogen and oxygen atoms in total. The van der Waals surface area contributed by atoms with E-state index in [0.717, 1.165) is 25.2 Å². The third-order valence-electron chi connectivity index (χ3n) is 5.15. The van der Waals surface area contributed by atoms with Crippen molar-refractivity contribution in [3.8, 4) is 0 Å². The summed E-state index contributed by atoms with van der Waals surface area (Å²) in [7, 11) is 1.32. The first-order valence-corrected chi connectivity index (χ1v) is 9.44. The number of piperazine rings is 1. The lowest BCUT2D eigenvalue weighted by atomic mass is 9.99. The molecular formula is C19H28N4O5. The average molecular weight is 392 g/mol. The normalized spacial score (nSPS) is 16.9. The highest BCUT2D eigenvalue weighted by Gasteiger charge is 2.28. The van der Waals surface area contributed by atoms with Gasteiger partial charge in [0.15, 0.2) is 0 Å². The molecule has 0 unspecified atom stereocenters. The van der Waals surface area contributed by atoms with E-state index in [-0.39, 0.29) is 24.1 Å². The van der Waals surface area contributed by atoms with E-state index in [0.29, 0.717) is 13.1 Å². The third-order valence-corrected chi connectivity index (χ3v) is 5.15. The van der Waals surface area contributed by atoms with Crippen LogP contribution in [0.1, 0.15) is 20.3 Å². The van der Waals surface area contributed by atoms with Crippen LogP contribution < -0.4 is 10.2 Å². The molecular weight excluding hydrogens is 364 g/mol. The molecule has 154 valence electrons. The van der Waals surface area contributed by atoms with Gasteiger partial charge in [-0.3, -0.25) is 19.8 Å². The Morgan fingerprint density at radius 2 is 1.82 bits per heavy atom. The van der Waals surface area contributed by atoms with Crippen molar-refractivity contribution in [3.63, 3.8) is 0 Å². The summed E-state index contributed by atoms with van der Waals surface area (Å²) in [6.45, 7) is 6.91. The highest BCUT2D eigenvalue weighted by atomic mass is 16.6. The number of anilines is 1. The molecule has 9 heteroatoms. The van der Waals surface area contributed by atoms with Crippen LogP contribution in [-0.4, -0.2) is 67.6 Å². The SMILES string of the molecule is CC[C@H](C)[C@@H](NC(=O)CN1CCN(c2ccc([N+](=O)[O-])cc2)CC1)C(=O)OC. The Morgan fingerprint density at radius 3 is 2.32 bits per heavy atom. The van der Waals surface area contributed by atoms with Crippen LogP contribution in [0.4, 0.5) is 11.4 Å². The summed E-state index contributed by atoms with van der Waals surface area (Å²) in [5, 5.41) is 13.5. The van der Waals surface area contributed by atoms with E-state index in [4.69, 9.17) is 4.74 Å². The van der Waals surface area contributed by atoms with Crippen molar-refractivity contribution in [1.82, 2.24) is 10.2 Å². The van der Waals surface area contributed by atoms with Crippen molar-refractivity contribution in [2.24, 2.45) is 5.92 Å². The van der Waals surface area contributed by atoms with Gasteiger partial charge in [0.05, 0.1) is 18.6 Å². The Labute approximate surface area is 164 Å². The number of hydrogen-bond donors (Lipinski definition) is 1. The van der Waals surface area contributed by atoms with Crippen molar-refractivity contribution < 1.29 is 19.2 Å². The van der Waals surface area contributed by atoms with Gasteiger partial charge < -0.3 is 15.0 Å². The highest BCUT2D eigenvalue weighted by Crippen LogP contribution is 2.20. The standard InChI is InChI=1S/C19H28N4O5/c1-4-14(2)18(19(25)28-3)20-17(24)13-21-9-11-22(12-10-21)15-5-7-16(8-6-15)23(26)27/h5-8,14,18H,4,9-13H2,1-3H3,(H,20,24)/t14-,18+/m0/s1. The molecule has 1 N–H and O–H groups in total. The van der Waals surface area contributed by atoms with Gasteiger partial charge in [-0.15, -0.1) is 0 Å². The van der Waals surface area contributed by atoms with Crippen LogP contribution >= 0.6 is 0 Å². The Bertz CT molecular complexity index is 686. The molecule has 0 radical (unpaired) electrons. The van der Waals surface area contributed by atoms with E-state index in [2.05, 4.69) is 10.2 Å². The van der Waals surface area contributed by atoms with Gasteiger partial charge in [-0.05, 0) is 18.1 Å². The van der Waals surface area contributed by atoms with Crippen LogP contribution in [-0.2, 0) is 14.3 Å². The van der Waals surface area contributed by atoms with Gasteiger partial charge in [-0.2, -0.15) is 0 Å². The second kappa shape index (κ2) is 10.0. The number of hydrogen-bond acceptors (Lipinski definition) is 7. The highest BCUT2D eigenvalue weighted by molar-refractivity contribution is 5.85. The minimum atomic E-state index is -0.635. The van der Waals surface area contributed by atoms with E-state index in [1.165, 1.54) is 19.2 Å². The van der Waals surface area contributed by atoms with Crippen LogP contribution in [0.5, 0.6) is 0 Å². The van der Waals surface area contributed by atoms with E-state index < -0.39 is 16.9 Å². The zero-order valence-electron chi connectivity index (χ0n) is 16.6. The van der Waals surface area contributed by atoms with Gasteiger partial charge in [-0.25, -0.2) is 4.79 Å². The third kappa shape index (κ3) is 5.66. The Morgan fingerprint density at radius 1 is 1.21 bits per heavy atom. The molecule has 0 saturated carbocycles. The van der Waals surface area contributed by atoms with Crippen molar-refractivity contribution in [3.05, 3.63) is 34.4 Å². The second-order valence-electron chi connectivity index (χ2n) is 6.99. The average Bonchev–Trinajstić information content (AvgIpc) is 2.71. The summed E-state index contributed by atoms with van der Waals surface area (Å²) < 4.78 is 4.80. The van der Waals surface area contributed by atoms with Gasteiger partial charge in [0, 0.05) is 44.0 Å². The topological polar surface area (TPSA) is 105 Å². The zero-order valence-corrected chi connectivity index (χ0v) is 16.6. The summed E-state index contributed by atoms with van der Waals surface area (Å²) in [6, 6.07) is 5.85. The van der Waals surface area contributed by atoms with Crippen LogP contribution in [0.3, 0.4) is 0 Å². The largest absolute Gasteiger partial charge is 0.467 e. The van der Waals surface area contributed by atoms with E-state index >= 15 is 0 Å². The molecule has 2 atom stereocenters. The molecule has 1 aromatic rings. The van der Waals surface area contributed by atoms with Gasteiger partial charge in [0.25, 0.3) is 5.69 Å². The van der Waals surface area contributed by atoms with Gasteiger partial charge in [0.1, 0.15) is 6.04 Å². The van der Waals surface area contributed by atoms with Crippen LogP contribution in [0.2, 0.25) is 0 Å². The van der Waals surface area contributed by atoms with Crippen molar-refractivity contribution in [1.29, 1.82) is 0 Å². The predicted octanol–water partition coefficient (Wildman–Crippen LogP) is 1.42. The number of rotatable bonds is 8. The summed E-state index contributed by atoms with van der Waals surface area (Å²) >= 11 is 0. The molecule has 0 bridgehead atoms. The minimum absolute atomic E-state index is 0.00427. The molecule has 1 aliphatic rings. The summed E-state index contributed by atoms with van der Waals surface area (Å²) in [6.07, 6.45) is 0.758. The first-order chi connectivity index (χ1) is 13.3. The number of nitrogens with one attached hydrogen (secondary N) is 1. The second-order valence-corrected chi connectivity index (χ2v) is 6.99. The van der Waals surface area contributed by atoms with Crippen molar-refractivity contribution in [2.45, 2.75) is 26.3 Å². The maximum absolute atomic E-state index is 12.4.